The minimum atomic E-state index is -0.562. The van der Waals surface area contributed by atoms with Gasteiger partial charge in [0.15, 0.2) is 0 Å². The summed E-state index contributed by atoms with van der Waals surface area (Å²) in [6.07, 6.45) is 1.25. The Balaban J connectivity index is 1.56. The van der Waals surface area contributed by atoms with Gasteiger partial charge >= 0.3 is 0 Å². The fourth-order valence-electron chi connectivity index (χ4n) is 3.17. The first-order valence-electron chi connectivity index (χ1n) is 9.24. The minimum absolute atomic E-state index is 0.0589. The fourth-order valence-corrected chi connectivity index (χ4v) is 3.17. The van der Waals surface area contributed by atoms with Gasteiger partial charge in [-0.1, -0.05) is 12.1 Å². The number of ether oxygens (including phenoxy) is 1. The Kier molecular flexibility index (Phi) is 6.38. The highest BCUT2D eigenvalue weighted by atomic mass is 19.1. The summed E-state index contributed by atoms with van der Waals surface area (Å²) in [4.78, 5) is 24.9. The van der Waals surface area contributed by atoms with Crippen molar-refractivity contribution in [3.8, 4) is 0 Å². The number of rotatable bonds is 6. The van der Waals surface area contributed by atoms with Gasteiger partial charge in [-0.05, 0) is 54.8 Å². The monoisotopic (exact) mass is 385 g/mol. The molecule has 0 aromatic heterocycles. The Morgan fingerprint density at radius 3 is 2.29 bits per heavy atom. The van der Waals surface area contributed by atoms with Gasteiger partial charge in [-0.25, -0.2) is 4.39 Å². The van der Waals surface area contributed by atoms with Crippen LogP contribution in [0.5, 0.6) is 0 Å². The molecule has 0 bridgehead atoms. The maximum Gasteiger partial charge on any atom is 0.255 e. The number of hydrogen-bond acceptors (Lipinski definition) is 4. The molecule has 4 N–H and O–H groups in total. The Morgan fingerprint density at radius 2 is 1.68 bits per heavy atom. The molecule has 2 aromatic rings. The number of anilines is 1. The first-order valence-corrected chi connectivity index (χ1v) is 9.24. The third-order valence-corrected chi connectivity index (χ3v) is 5.09. The largest absolute Gasteiger partial charge is 0.381 e. The van der Waals surface area contributed by atoms with Crippen molar-refractivity contribution in [3.63, 3.8) is 0 Å². The van der Waals surface area contributed by atoms with Crippen molar-refractivity contribution in [2.75, 3.05) is 25.1 Å². The van der Waals surface area contributed by atoms with Crippen LogP contribution in [0.3, 0.4) is 0 Å². The van der Waals surface area contributed by atoms with Crippen LogP contribution in [0.1, 0.15) is 28.8 Å². The number of hydrogen-bond donors (Lipinski definition) is 3. The topological polar surface area (TPSA) is 93.5 Å². The molecule has 0 saturated carbocycles. The van der Waals surface area contributed by atoms with Gasteiger partial charge in [-0.2, -0.15) is 0 Å². The third kappa shape index (κ3) is 4.74. The van der Waals surface area contributed by atoms with Crippen molar-refractivity contribution in [1.82, 2.24) is 5.32 Å². The van der Waals surface area contributed by atoms with Gasteiger partial charge in [-0.15, -0.1) is 0 Å². The van der Waals surface area contributed by atoms with Gasteiger partial charge < -0.3 is 21.1 Å². The lowest BCUT2D eigenvalue weighted by atomic mass is 9.79. The average molecular weight is 385 g/mol. The van der Waals surface area contributed by atoms with E-state index in [1.54, 1.807) is 24.3 Å². The van der Waals surface area contributed by atoms with E-state index in [9.17, 15) is 14.0 Å². The molecule has 3 rings (SSSR count). The molecule has 1 fully saturated rings. The quantitative estimate of drug-likeness (QED) is 0.712. The highest BCUT2D eigenvalue weighted by Crippen LogP contribution is 2.29. The van der Waals surface area contributed by atoms with Crippen LogP contribution in [0.4, 0.5) is 10.1 Å². The summed E-state index contributed by atoms with van der Waals surface area (Å²) in [6.45, 7) is 1.75. The van der Waals surface area contributed by atoms with Crippen LogP contribution in [0.2, 0.25) is 0 Å². The van der Waals surface area contributed by atoms with E-state index in [1.165, 1.54) is 24.3 Å². The van der Waals surface area contributed by atoms with Crippen molar-refractivity contribution in [3.05, 3.63) is 65.5 Å². The zero-order valence-electron chi connectivity index (χ0n) is 15.5. The van der Waals surface area contributed by atoms with Crippen LogP contribution in [-0.4, -0.2) is 31.6 Å². The predicted octanol–water partition coefficient (Wildman–Crippen LogP) is 2.45. The van der Waals surface area contributed by atoms with E-state index in [4.69, 9.17) is 10.5 Å². The first-order chi connectivity index (χ1) is 13.5. The Bertz CT molecular complexity index is 816. The SMILES string of the molecule is NCC1(C(=O)NCc2ccc(C(=O)Nc3ccc(F)cc3)cc2)CCOCC1. The zero-order valence-corrected chi connectivity index (χ0v) is 15.5. The molecule has 0 radical (unpaired) electrons. The standard InChI is InChI=1S/C21H24FN3O3/c22-17-5-7-18(8-6-17)25-19(26)16-3-1-15(2-4-16)13-24-20(27)21(14-23)9-11-28-12-10-21/h1-8H,9-14,23H2,(H,24,27)(H,25,26). The molecule has 6 nitrogen and oxygen atoms in total. The Labute approximate surface area is 163 Å². The predicted molar refractivity (Wildman–Crippen MR) is 104 cm³/mol. The van der Waals surface area contributed by atoms with Gasteiger partial charge in [0, 0.05) is 37.6 Å². The summed E-state index contributed by atoms with van der Waals surface area (Å²) >= 11 is 0. The number of benzene rings is 2. The second-order valence-corrected chi connectivity index (χ2v) is 6.94. The van der Waals surface area contributed by atoms with Gasteiger partial charge in [0.25, 0.3) is 5.91 Å². The lowest BCUT2D eigenvalue weighted by Crippen LogP contribution is -2.48. The lowest BCUT2D eigenvalue weighted by Gasteiger charge is -2.34. The number of amides is 2. The fraction of sp³-hybridized carbons (Fsp3) is 0.333. The minimum Gasteiger partial charge on any atom is -0.381 e. The molecular formula is C21H24FN3O3. The number of halogens is 1. The summed E-state index contributed by atoms with van der Waals surface area (Å²) in [6, 6.07) is 12.5. The molecule has 2 aromatic carbocycles. The van der Waals surface area contributed by atoms with E-state index < -0.39 is 5.41 Å². The van der Waals surface area contributed by atoms with Crippen molar-refractivity contribution in [2.45, 2.75) is 19.4 Å². The van der Waals surface area contributed by atoms with Gasteiger partial charge in [0.1, 0.15) is 5.82 Å². The molecule has 7 heteroatoms. The van der Waals surface area contributed by atoms with Crippen LogP contribution in [0.25, 0.3) is 0 Å². The smallest absolute Gasteiger partial charge is 0.255 e. The molecule has 1 saturated heterocycles. The second kappa shape index (κ2) is 8.95. The van der Waals surface area contributed by atoms with Crippen LogP contribution in [0.15, 0.2) is 48.5 Å². The molecule has 0 aliphatic carbocycles. The molecule has 1 aliphatic rings. The van der Waals surface area contributed by atoms with E-state index in [1.807, 2.05) is 0 Å². The summed E-state index contributed by atoms with van der Waals surface area (Å²) < 4.78 is 18.3. The Hall–Kier alpha value is -2.77. The average Bonchev–Trinajstić information content (AvgIpc) is 2.74. The maximum absolute atomic E-state index is 12.9. The van der Waals surface area contributed by atoms with Crippen LogP contribution in [-0.2, 0) is 16.1 Å². The van der Waals surface area contributed by atoms with E-state index in [2.05, 4.69) is 10.6 Å². The molecule has 0 atom stereocenters. The second-order valence-electron chi connectivity index (χ2n) is 6.94. The summed E-state index contributed by atoms with van der Waals surface area (Å²) in [7, 11) is 0. The molecule has 0 spiro atoms. The van der Waals surface area contributed by atoms with E-state index >= 15 is 0 Å². The van der Waals surface area contributed by atoms with Crippen LogP contribution < -0.4 is 16.4 Å². The third-order valence-electron chi connectivity index (χ3n) is 5.09. The number of nitrogens with two attached hydrogens (primary N) is 1. The molecule has 28 heavy (non-hydrogen) atoms. The van der Waals surface area contributed by atoms with Crippen molar-refractivity contribution < 1.29 is 18.7 Å². The van der Waals surface area contributed by atoms with Gasteiger partial charge in [-0.3, -0.25) is 9.59 Å². The number of carbonyl (C=O) groups excluding carboxylic acids is 2. The summed E-state index contributed by atoms with van der Waals surface area (Å²) in [5, 5.41) is 5.65. The first kappa shape index (κ1) is 20.0. The van der Waals surface area contributed by atoms with E-state index in [0.717, 1.165) is 5.56 Å². The normalized spacial score (nSPS) is 15.6. The van der Waals surface area contributed by atoms with Crippen LogP contribution in [0, 0.1) is 11.2 Å². The molecule has 1 heterocycles. The zero-order chi connectivity index (χ0) is 20.0. The summed E-state index contributed by atoms with van der Waals surface area (Å²) in [5.41, 5.74) is 7.16. The number of nitrogens with one attached hydrogen (secondary N) is 2. The maximum atomic E-state index is 12.9. The van der Waals surface area contributed by atoms with Crippen LogP contribution >= 0.6 is 0 Å². The van der Waals surface area contributed by atoms with E-state index in [-0.39, 0.29) is 17.6 Å². The molecule has 2 amide bonds. The molecule has 1 aliphatic heterocycles. The lowest BCUT2D eigenvalue weighted by molar-refractivity contribution is -0.136. The molecule has 0 unspecified atom stereocenters. The molecule has 148 valence electrons. The van der Waals surface area contributed by atoms with E-state index in [0.29, 0.717) is 50.4 Å². The highest BCUT2D eigenvalue weighted by molar-refractivity contribution is 6.04. The van der Waals surface area contributed by atoms with Crippen molar-refractivity contribution >= 4 is 17.5 Å². The number of carbonyl (C=O) groups is 2. The van der Waals surface area contributed by atoms with Crippen molar-refractivity contribution in [2.24, 2.45) is 11.1 Å². The highest BCUT2D eigenvalue weighted by Gasteiger charge is 2.38. The molecular weight excluding hydrogens is 361 g/mol. The van der Waals surface area contributed by atoms with Gasteiger partial charge in [0.05, 0.1) is 5.41 Å². The summed E-state index contributed by atoms with van der Waals surface area (Å²) in [5.74, 6) is -0.704. The van der Waals surface area contributed by atoms with Gasteiger partial charge in [0.2, 0.25) is 5.91 Å². The Morgan fingerprint density at radius 1 is 1.04 bits per heavy atom. The van der Waals surface area contributed by atoms with Crippen molar-refractivity contribution in [1.29, 1.82) is 0 Å².